The van der Waals surface area contributed by atoms with Crippen molar-refractivity contribution in [1.82, 2.24) is 5.32 Å². The molecule has 1 N–H and O–H groups in total. The number of rotatable bonds is 6. The number of hydrogen-bond acceptors (Lipinski definition) is 4. The van der Waals surface area contributed by atoms with Gasteiger partial charge in [-0.05, 0) is 31.2 Å². The number of ether oxygens (including phenoxy) is 2. The molecule has 0 saturated heterocycles. The molecule has 1 aromatic rings. The Morgan fingerprint density at radius 1 is 1.04 bits per heavy atom. The van der Waals surface area contributed by atoms with Gasteiger partial charge in [-0.25, -0.2) is 0 Å². The minimum Gasteiger partial charge on any atom is -0.463 e. The van der Waals surface area contributed by atoms with Crippen molar-refractivity contribution in [3.8, 4) is 0 Å². The van der Waals surface area contributed by atoms with Crippen LogP contribution in [0.2, 0.25) is 0 Å². The van der Waals surface area contributed by atoms with Crippen LogP contribution in [0.1, 0.15) is 43.2 Å². The molecular weight excluding hydrogens is 336 g/mol. The van der Waals surface area contributed by atoms with Crippen LogP contribution in [0.4, 0.5) is 0 Å². The average Bonchev–Trinajstić information content (AvgIpc) is 2.75. The third-order valence-electron chi connectivity index (χ3n) is 5.00. The van der Waals surface area contributed by atoms with E-state index >= 15 is 0 Å². The summed E-state index contributed by atoms with van der Waals surface area (Å²) in [5.74, 6) is 2.76. The molecule has 0 aromatic heterocycles. The van der Waals surface area contributed by atoms with Gasteiger partial charge in [0.1, 0.15) is 29.9 Å². The van der Waals surface area contributed by atoms with Gasteiger partial charge in [0.05, 0.1) is 0 Å². The first-order valence-electron chi connectivity index (χ1n) is 9.81. The van der Waals surface area contributed by atoms with Crippen molar-refractivity contribution in [3.05, 3.63) is 83.2 Å². The molecule has 3 aliphatic rings. The van der Waals surface area contributed by atoms with Gasteiger partial charge < -0.3 is 14.8 Å². The summed E-state index contributed by atoms with van der Waals surface area (Å²) >= 11 is 0. The molecule has 1 aromatic carbocycles. The zero-order valence-electron chi connectivity index (χ0n) is 15.6. The van der Waals surface area contributed by atoms with Gasteiger partial charge in [0, 0.05) is 31.5 Å². The maximum Gasteiger partial charge on any atom is 0.142 e. The number of allylic oxidation sites excluding steroid dienone is 5. The Kier molecular flexibility index (Phi) is 5.73. The molecule has 0 radical (unpaired) electrons. The Bertz CT molecular complexity index is 831. The highest BCUT2D eigenvalue weighted by Crippen LogP contribution is 2.25. The number of nitrogens with one attached hydrogen (secondary N) is 1. The SMILES string of the molecule is C1=CCCC(CC2=COC(CCc3ccccc3C3=NCCCN3)=CO2)=C1. The van der Waals surface area contributed by atoms with Gasteiger partial charge in [0.25, 0.3) is 0 Å². The van der Waals surface area contributed by atoms with E-state index in [1.807, 2.05) is 0 Å². The largest absolute Gasteiger partial charge is 0.463 e. The molecule has 27 heavy (non-hydrogen) atoms. The number of hydrogen-bond donors (Lipinski definition) is 1. The second-order valence-corrected chi connectivity index (χ2v) is 7.04. The van der Waals surface area contributed by atoms with Crippen LogP contribution in [0, 0.1) is 0 Å². The van der Waals surface area contributed by atoms with Crippen LogP contribution in [0.3, 0.4) is 0 Å². The summed E-state index contributed by atoms with van der Waals surface area (Å²) in [7, 11) is 0. The van der Waals surface area contributed by atoms with Crippen molar-refractivity contribution in [2.24, 2.45) is 4.99 Å². The molecule has 2 heterocycles. The number of benzene rings is 1. The molecule has 0 bridgehead atoms. The van der Waals surface area contributed by atoms with Gasteiger partial charge in [-0.1, -0.05) is 48.1 Å². The number of aliphatic imine (C=N–C) groups is 1. The summed E-state index contributed by atoms with van der Waals surface area (Å²) in [6.45, 7) is 1.90. The predicted octanol–water partition coefficient (Wildman–Crippen LogP) is 4.76. The Morgan fingerprint density at radius 2 is 1.93 bits per heavy atom. The predicted molar refractivity (Wildman–Crippen MR) is 108 cm³/mol. The van der Waals surface area contributed by atoms with Crippen LogP contribution < -0.4 is 5.32 Å². The fourth-order valence-corrected chi connectivity index (χ4v) is 3.50. The number of amidine groups is 1. The summed E-state index contributed by atoms with van der Waals surface area (Å²) in [6, 6.07) is 8.46. The molecule has 1 aliphatic carbocycles. The zero-order chi connectivity index (χ0) is 18.3. The minimum absolute atomic E-state index is 0.805. The van der Waals surface area contributed by atoms with Crippen molar-refractivity contribution < 1.29 is 9.47 Å². The summed E-state index contributed by atoms with van der Waals surface area (Å²) in [5.41, 5.74) is 3.87. The Hall–Kier alpha value is -2.75. The van der Waals surface area contributed by atoms with Crippen LogP contribution >= 0.6 is 0 Å². The maximum atomic E-state index is 5.82. The van der Waals surface area contributed by atoms with Crippen molar-refractivity contribution in [2.45, 2.75) is 38.5 Å². The maximum absolute atomic E-state index is 5.82. The molecule has 4 rings (SSSR count). The van der Waals surface area contributed by atoms with Crippen molar-refractivity contribution in [3.63, 3.8) is 0 Å². The average molecular weight is 362 g/mol. The quantitative estimate of drug-likeness (QED) is 0.794. The lowest BCUT2D eigenvalue weighted by Gasteiger charge is -2.19. The van der Waals surface area contributed by atoms with E-state index in [0.29, 0.717) is 0 Å². The normalized spacial score (nSPS) is 19.0. The van der Waals surface area contributed by atoms with Gasteiger partial charge in [0.15, 0.2) is 0 Å². The summed E-state index contributed by atoms with van der Waals surface area (Å²) in [6.07, 6.45) is 15.8. The second kappa shape index (κ2) is 8.76. The van der Waals surface area contributed by atoms with Crippen LogP contribution in [0.15, 0.2) is 77.1 Å². The van der Waals surface area contributed by atoms with Gasteiger partial charge in [-0.15, -0.1) is 0 Å². The summed E-state index contributed by atoms with van der Waals surface area (Å²) < 4.78 is 11.6. The monoisotopic (exact) mass is 362 g/mol. The molecule has 0 amide bonds. The molecule has 0 unspecified atom stereocenters. The van der Waals surface area contributed by atoms with Gasteiger partial charge in [-0.2, -0.15) is 0 Å². The first-order valence-corrected chi connectivity index (χ1v) is 9.81. The molecule has 140 valence electrons. The third-order valence-corrected chi connectivity index (χ3v) is 5.00. The number of nitrogens with zero attached hydrogens (tertiary/aromatic N) is 1. The van der Waals surface area contributed by atoms with E-state index in [1.54, 1.807) is 12.5 Å². The molecule has 0 spiro atoms. The van der Waals surface area contributed by atoms with Crippen molar-refractivity contribution >= 4 is 5.84 Å². The van der Waals surface area contributed by atoms with Crippen LogP contribution in [-0.4, -0.2) is 18.9 Å². The van der Waals surface area contributed by atoms with Crippen molar-refractivity contribution in [2.75, 3.05) is 13.1 Å². The van der Waals surface area contributed by atoms with Gasteiger partial charge in [0.2, 0.25) is 0 Å². The lowest BCUT2D eigenvalue weighted by Crippen LogP contribution is -2.31. The van der Waals surface area contributed by atoms with Crippen LogP contribution in [0.5, 0.6) is 0 Å². The fraction of sp³-hybridized carbons (Fsp3) is 0.348. The second-order valence-electron chi connectivity index (χ2n) is 7.04. The lowest BCUT2D eigenvalue weighted by molar-refractivity contribution is 0.215. The Morgan fingerprint density at radius 3 is 2.70 bits per heavy atom. The van der Waals surface area contributed by atoms with E-state index in [2.05, 4.69) is 52.8 Å². The van der Waals surface area contributed by atoms with E-state index in [-0.39, 0.29) is 0 Å². The third kappa shape index (κ3) is 4.70. The van der Waals surface area contributed by atoms with E-state index in [9.17, 15) is 0 Å². The van der Waals surface area contributed by atoms with Crippen LogP contribution in [0.25, 0.3) is 0 Å². The molecule has 0 saturated carbocycles. The number of aryl methyl sites for hydroxylation is 1. The molecular formula is C23H26N2O2. The van der Waals surface area contributed by atoms with Crippen LogP contribution in [-0.2, 0) is 15.9 Å². The summed E-state index contributed by atoms with van der Waals surface area (Å²) in [4.78, 5) is 4.64. The molecule has 4 nitrogen and oxygen atoms in total. The fourth-order valence-electron chi connectivity index (χ4n) is 3.50. The standard InChI is InChI=1S/C23H26N2O2/c1-2-7-18(8-3-1)15-21-17-26-20(16-27-21)12-11-19-9-4-5-10-22(19)23-24-13-6-14-25-23/h1-2,4-5,7,9-10,16-17H,3,6,8,11-15H2,(H,24,25). The van der Waals surface area contributed by atoms with Gasteiger partial charge >= 0.3 is 0 Å². The van der Waals surface area contributed by atoms with E-state index < -0.39 is 0 Å². The van der Waals surface area contributed by atoms with E-state index in [1.165, 1.54) is 16.7 Å². The minimum atomic E-state index is 0.805. The zero-order valence-corrected chi connectivity index (χ0v) is 15.6. The highest BCUT2D eigenvalue weighted by Gasteiger charge is 2.14. The smallest absolute Gasteiger partial charge is 0.142 e. The molecule has 0 atom stereocenters. The Balaban J connectivity index is 1.33. The molecule has 0 fully saturated rings. The Labute approximate surface area is 161 Å². The topological polar surface area (TPSA) is 42.8 Å². The summed E-state index contributed by atoms with van der Waals surface area (Å²) in [5, 5.41) is 3.42. The first-order chi connectivity index (χ1) is 13.4. The van der Waals surface area contributed by atoms with Crippen molar-refractivity contribution in [1.29, 1.82) is 0 Å². The van der Waals surface area contributed by atoms with E-state index in [4.69, 9.17) is 9.47 Å². The lowest BCUT2D eigenvalue weighted by atomic mass is 10.0. The molecule has 4 heteroatoms. The first kappa shape index (κ1) is 17.7. The highest BCUT2D eigenvalue weighted by molar-refractivity contribution is 6.00. The molecule has 2 aliphatic heterocycles. The highest BCUT2D eigenvalue weighted by atomic mass is 16.5. The van der Waals surface area contributed by atoms with Gasteiger partial charge in [-0.3, -0.25) is 4.99 Å². The van der Waals surface area contributed by atoms with E-state index in [0.717, 1.165) is 69.0 Å².